The zero-order chi connectivity index (χ0) is 12.8. The number of anilines is 1. The molecule has 1 heterocycles. The van der Waals surface area contributed by atoms with Crippen molar-refractivity contribution in [1.29, 1.82) is 0 Å². The molecule has 1 aliphatic heterocycles. The van der Waals surface area contributed by atoms with Crippen molar-refractivity contribution in [2.24, 2.45) is 5.92 Å². The van der Waals surface area contributed by atoms with Gasteiger partial charge in [0.25, 0.3) is 0 Å². The van der Waals surface area contributed by atoms with E-state index in [1.807, 2.05) is 12.1 Å². The third-order valence-corrected chi connectivity index (χ3v) is 2.95. The molecule has 100 valence electrons. The van der Waals surface area contributed by atoms with E-state index >= 15 is 0 Å². The average molecular weight is 249 g/mol. The summed E-state index contributed by atoms with van der Waals surface area (Å²) < 4.78 is 11.2. The Balaban J connectivity index is 1.89. The molecule has 0 bridgehead atoms. The monoisotopic (exact) mass is 249 g/mol. The number of benzene rings is 1. The van der Waals surface area contributed by atoms with Crippen LogP contribution in [0.3, 0.4) is 0 Å². The van der Waals surface area contributed by atoms with Crippen LogP contribution < -0.4 is 10.1 Å². The predicted molar refractivity (Wildman–Crippen MR) is 74.2 cm³/mol. The van der Waals surface area contributed by atoms with Gasteiger partial charge in [0.1, 0.15) is 5.75 Å². The van der Waals surface area contributed by atoms with Crippen molar-refractivity contribution >= 4 is 5.69 Å². The van der Waals surface area contributed by atoms with E-state index in [0.29, 0.717) is 12.0 Å². The van der Waals surface area contributed by atoms with Gasteiger partial charge in [-0.3, -0.25) is 0 Å². The van der Waals surface area contributed by atoms with Crippen LogP contribution in [0.15, 0.2) is 24.3 Å². The Morgan fingerprint density at radius 1 is 1.44 bits per heavy atom. The Labute approximate surface area is 109 Å². The Morgan fingerprint density at radius 3 is 3.06 bits per heavy atom. The molecule has 1 fully saturated rings. The molecule has 1 saturated heterocycles. The highest BCUT2D eigenvalue weighted by Crippen LogP contribution is 2.20. The zero-order valence-electron chi connectivity index (χ0n) is 11.3. The molecule has 3 nitrogen and oxygen atoms in total. The fourth-order valence-corrected chi connectivity index (χ4v) is 2.03. The molecule has 1 N–H and O–H groups in total. The molecule has 1 atom stereocenters. The van der Waals surface area contributed by atoms with Crippen molar-refractivity contribution in [2.75, 3.05) is 25.1 Å². The van der Waals surface area contributed by atoms with Crippen LogP contribution in [-0.4, -0.2) is 25.9 Å². The van der Waals surface area contributed by atoms with E-state index in [1.54, 1.807) is 0 Å². The number of ether oxygens (including phenoxy) is 2. The van der Waals surface area contributed by atoms with Gasteiger partial charge >= 0.3 is 0 Å². The van der Waals surface area contributed by atoms with Gasteiger partial charge in [-0.15, -0.1) is 0 Å². The van der Waals surface area contributed by atoms with Gasteiger partial charge in [0.2, 0.25) is 0 Å². The van der Waals surface area contributed by atoms with Gasteiger partial charge in [-0.1, -0.05) is 19.9 Å². The van der Waals surface area contributed by atoms with Crippen LogP contribution in [0.2, 0.25) is 0 Å². The first kappa shape index (κ1) is 13.2. The van der Waals surface area contributed by atoms with Crippen LogP contribution in [0.5, 0.6) is 5.75 Å². The molecule has 0 aliphatic carbocycles. The van der Waals surface area contributed by atoms with Gasteiger partial charge < -0.3 is 14.8 Å². The normalized spacial score (nSPS) is 19.8. The lowest BCUT2D eigenvalue weighted by Crippen LogP contribution is -2.29. The Kier molecular flexibility index (Phi) is 4.88. The van der Waals surface area contributed by atoms with Crippen molar-refractivity contribution in [1.82, 2.24) is 0 Å². The van der Waals surface area contributed by atoms with Crippen molar-refractivity contribution in [3.05, 3.63) is 24.3 Å². The maximum Gasteiger partial charge on any atom is 0.121 e. The van der Waals surface area contributed by atoms with E-state index in [4.69, 9.17) is 9.47 Å². The third-order valence-electron chi connectivity index (χ3n) is 2.95. The van der Waals surface area contributed by atoms with Crippen LogP contribution >= 0.6 is 0 Å². The smallest absolute Gasteiger partial charge is 0.121 e. The fraction of sp³-hybridized carbons (Fsp3) is 0.600. The van der Waals surface area contributed by atoms with Crippen molar-refractivity contribution < 1.29 is 9.47 Å². The summed E-state index contributed by atoms with van der Waals surface area (Å²) >= 11 is 0. The van der Waals surface area contributed by atoms with Crippen LogP contribution in [0, 0.1) is 5.92 Å². The first-order valence-corrected chi connectivity index (χ1v) is 6.81. The Bertz CT molecular complexity index is 359. The van der Waals surface area contributed by atoms with Gasteiger partial charge in [0.05, 0.1) is 13.2 Å². The second kappa shape index (κ2) is 6.64. The molecule has 1 aromatic rings. The second-order valence-electron chi connectivity index (χ2n) is 5.29. The number of nitrogens with one attached hydrogen (secondary N) is 1. The maximum absolute atomic E-state index is 5.73. The van der Waals surface area contributed by atoms with Crippen molar-refractivity contribution in [3.63, 3.8) is 0 Å². The summed E-state index contributed by atoms with van der Waals surface area (Å²) in [5.41, 5.74) is 1.12. The molecule has 2 rings (SSSR count). The lowest BCUT2D eigenvalue weighted by Gasteiger charge is -2.24. The number of rotatable bonds is 5. The summed E-state index contributed by atoms with van der Waals surface area (Å²) in [6.45, 7) is 6.77. The standard InChI is InChI=1S/C15H23NO2/c1-12(2)10-18-15-7-3-5-13(9-15)16-14-6-4-8-17-11-14/h3,5,7,9,12,14,16H,4,6,8,10-11H2,1-2H3. The van der Waals surface area contributed by atoms with E-state index in [9.17, 15) is 0 Å². The molecular weight excluding hydrogens is 226 g/mol. The van der Waals surface area contributed by atoms with Gasteiger partial charge in [0.15, 0.2) is 0 Å². The molecule has 0 spiro atoms. The summed E-state index contributed by atoms with van der Waals surface area (Å²) in [7, 11) is 0. The number of hydrogen-bond donors (Lipinski definition) is 1. The van der Waals surface area contributed by atoms with Crippen LogP contribution in [0.25, 0.3) is 0 Å². The minimum Gasteiger partial charge on any atom is -0.493 e. The topological polar surface area (TPSA) is 30.5 Å². The van der Waals surface area contributed by atoms with Crippen LogP contribution in [0.1, 0.15) is 26.7 Å². The van der Waals surface area contributed by atoms with E-state index in [1.165, 1.54) is 6.42 Å². The first-order valence-electron chi connectivity index (χ1n) is 6.81. The molecule has 1 unspecified atom stereocenters. The highest BCUT2D eigenvalue weighted by molar-refractivity contribution is 5.48. The predicted octanol–water partition coefficient (Wildman–Crippen LogP) is 3.31. The number of hydrogen-bond acceptors (Lipinski definition) is 3. The molecular formula is C15H23NO2. The Hall–Kier alpha value is -1.22. The summed E-state index contributed by atoms with van der Waals surface area (Å²) in [6.07, 6.45) is 2.32. The Morgan fingerprint density at radius 2 is 2.33 bits per heavy atom. The molecule has 1 aromatic carbocycles. The van der Waals surface area contributed by atoms with Crippen molar-refractivity contribution in [2.45, 2.75) is 32.7 Å². The first-order chi connectivity index (χ1) is 8.74. The zero-order valence-corrected chi connectivity index (χ0v) is 11.3. The third kappa shape index (κ3) is 4.22. The SMILES string of the molecule is CC(C)COc1cccc(NC2CCCOC2)c1. The van der Waals surface area contributed by atoms with Gasteiger partial charge in [-0.25, -0.2) is 0 Å². The minimum absolute atomic E-state index is 0.430. The largest absolute Gasteiger partial charge is 0.493 e. The van der Waals surface area contributed by atoms with E-state index in [2.05, 4.69) is 31.3 Å². The lowest BCUT2D eigenvalue weighted by atomic mass is 10.1. The van der Waals surface area contributed by atoms with Crippen LogP contribution in [0.4, 0.5) is 5.69 Å². The van der Waals surface area contributed by atoms with E-state index in [0.717, 1.165) is 37.7 Å². The highest BCUT2D eigenvalue weighted by atomic mass is 16.5. The maximum atomic E-state index is 5.73. The van der Waals surface area contributed by atoms with E-state index in [-0.39, 0.29) is 0 Å². The van der Waals surface area contributed by atoms with Gasteiger partial charge in [-0.05, 0) is 30.9 Å². The molecule has 0 aromatic heterocycles. The fourth-order valence-electron chi connectivity index (χ4n) is 2.03. The summed E-state index contributed by atoms with van der Waals surface area (Å²) in [5, 5.41) is 3.50. The van der Waals surface area contributed by atoms with Gasteiger partial charge in [0, 0.05) is 24.4 Å². The van der Waals surface area contributed by atoms with Crippen molar-refractivity contribution in [3.8, 4) is 5.75 Å². The van der Waals surface area contributed by atoms with Crippen LogP contribution in [-0.2, 0) is 4.74 Å². The molecule has 0 saturated carbocycles. The molecule has 18 heavy (non-hydrogen) atoms. The highest BCUT2D eigenvalue weighted by Gasteiger charge is 2.13. The molecule has 3 heteroatoms. The quantitative estimate of drug-likeness (QED) is 0.868. The lowest BCUT2D eigenvalue weighted by molar-refractivity contribution is 0.0876. The molecule has 0 amide bonds. The summed E-state index contributed by atoms with van der Waals surface area (Å²) in [6, 6.07) is 8.61. The van der Waals surface area contributed by atoms with Gasteiger partial charge in [-0.2, -0.15) is 0 Å². The summed E-state index contributed by atoms with van der Waals surface area (Å²) in [5.74, 6) is 1.48. The average Bonchev–Trinajstić information content (AvgIpc) is 2.38. The second-order valence-corrected chi connectivity index (χ2v) is 5.29. The molecule has 0 radical (unpaired) electrons. The van der Waals surface area contributed by atoms with E-state index < -0.39 is 0 Å². The minimum atomic E-state index is 0.430. The summed E-state index contributed by atoms with van der Waals surface area (Å²) in [4.78, 5) is 0. The molecule has 1 aliphatic rings.